The van der Waals surface area contributed by atoms with Gasteiger partial charge in [-0.2, -0.15) is 0 Å². The molecule has 0 saturated heterocycles. The number of para-hydroxylation sites is 1. The summed E-state index contributed by atoms with van der Waals surface area (Å²) in [4.78, 5) is 4.80. The molecule has 4 heteroatoms. The van der Waals surface area contributed by atoms with Gasteiger partial charge in [-0.15, -0.1) is 0 Å². The molecule has 0 atom stereocenters. The van der Waals surface area contributed by atoms with E-state index in [-0.39, 0.29) is 0 Å². The van der Waals surface area contributed by atoms with E-state index in [1.165, 1.54) is 5.56 Å². The number of fused-ring (bicyclic) bond motifs is 1. The third-order valence-electron chi connectivity index (χ3n) is 3.52. The zero-order valence-corrected chi connectivity index (χ0v) is 13.1. The molecule has 3 aromatic rings. The molecule has 0 radical (unpaired) electrons. The van der Waals surface area contributed by atoms with Crippen LogP contribution in [0.2, 0.25) is 0 Å². The van der Waals surface area contributed by atoms with Gasteiger partial charge in [0.05, 0.1) is 11.0 Å². The van der Waals surface area contributed by atoms with Gasteiger partial charge in [0.1, 0.15) is 5.82 Å². The third-order valence-corrected chi connectivity index (χ3v) is 3.97. The van der Waals surface area contributed by atoms with Crippen LogP contribution in [0, 0.1) is 6.92 Å². The minimum absolute atomic E-state index is 0.505. The zero-order chi connectivity index (χ0) is 14.3. The second-order valence-corrected chi connectivity index (χ2v) is 5.92. The zero-order valence-electron chi connectivity index (χ0n) is 11.5. The van der Waals surface area contributed by atoms with Crippen molar-refractivity contribution in [1.29, 1.82) is 0 Å². The number of halogens is 1. The lowest BCUT2D eigenvalue weighted by molar-refractivity contribution is 0.959. The van der Waals surface area contributed by atoms with Gasteiger partial charge in [-0.05, 0) is 42.3 Å². The van der Waals surface area contributed by atoms with Gasteiger partial charge in [-0.25, -0.2) is 4.98 Å². The number of benzene rings is 2. The van der Waals surface area contributed by atoms with Gasteiger partial charge in [0, 0.05) is 23.6 Å². The predicted molar refractivity (Wildman–Crippen MR) is 86.5 cm³/mol. The number of aryl methyl sites for hydroxylation is 2. The topological polar surface area (TPSA) is 43.8 Å². The van der Waals surface area contributed by atoms with Crippen LogP contribution in [0.5, 0.6) is 0 Å². The van der Waals surface area contributed by atoms with Crippen molar-refractivity contribution < 1.29 is 0 Å². The highest BCUT2D eigenvalue weighted by molar-refractivity contribution is 9.10. The van der Waals surface area contributed by atoms with E-state index in [0.29, 0.717) is 6.54 Å². The number of aromatic nitrogens is 2. The number of nitrogens with zero attached hydrogens (tertiary/aromatic N) is 2. The van der Waals surface area contributed by atoms with E-state index >= 15 is 0 Å². The molecule has 20 heavy (non-hydrogen) atoms. The summed E-state index contributed by atoms with van der Waals surface area (Å²) in [6.07, 6.45) is 0. The highest BCUT2D eigenvalue weighted by Crippen LogP contribution is 2.28. The number of nitrogens with two attached hydrogens (primary N) is 1. The number of hydrogen-bond acceptors (Lipinski definition) is 2. The lowest BCUT2D eigenvalue weighted by Crippen LogP contribution is -1.97. The first-order valence-corrected chi connectivity index (χ1v) is 7.31. The molecule has 0 aliphatic carbocycles. The summed E-state index contributed by atoms with van der Waals surface area (Å²) in [6, 6.07) is 12.5. The van der Waals surface area contributed by atoms with Crippen molar-refractivity contribution >= 4 is 27.0 Å². The van der Waals surface area contributed by atoms with Crippen molar-refractivity contribution in [3.05, 3.63) is 52.0 Å². The van der Waals surface area contributed by atoms with E-state index < -0.39 is 0 Å². The van der Waals surface area contributed by atoms with Crippen LogP contribution in [0.4, 0.5) is 0 Å². The lowest BCUT2D eigenvalue weighted by atomic mass is 10.1. The molecule has 3 nitrogen and oxygen atoms in total. The number of hydrogen-bond donors (Lipinski definition) is 1. The molecule has 2 N–H and O–H groups in total. The minimum atomic E-state index is 0.505. The van der Waals surface area contributed by atoms with Crippen molar-refractivity contribution in [3.63, 3.8) is 0 Å². The number of rotatable bonds is 2. The molecule has 0 aliphatic heterocycles. The Labute approximate surface area is 126 Å². The van der Waals surface area contributed by atoms with E-state index in [9.17, 15) is 0 Å². The van der Waals surface area contributed by atoms with Crippen LogP contribution in [0.3, 0.4) is 0 Å². The smallest absolute Gasteiger partial charge is 0.140 e. The van der Waals surface area contributed by atoms with E-state index in [1.807, 2.05) is 19.2 Å². The van der Waals surface area contributed by atoms with E-state index in [0.717, 1.165) is 32.5 Å². The Morgan fingerprint density at radius 2 is 2.05 bits per heavy atom. The largest absolute Gasteiger partial charge is 0.327 e. The van der Waals surface area contributed by atoms with Crippen molar-refractivity contribution in [2.24, 2.45) is 12.8 Å². The summed E-state index contributed by atoms with van der Waals surface area (Å²) in [7, 11) is 2.04. The Kier molecular flexibility index (Phi) is 3.36. The Morgan fingerprint density at radius 3 is 2.75 bits per heavy atom. The third kappa shape index (κ3) is 2.15. The molecule has 0 amide bonds. The van der Waals surface area contributed by atoms with Crippen LogP contribution in [0.1, 0.15) is 11.1 Å². The fraction of sp³-hybridized carbons (Fsp3) is 0.188. The van der Waals surface area contributed by atoms with Crippen LogP contribution in [0.25, 0.3) is 22.4 Å². The van der Waals surface area contributed by atoms with Crippen LogP contribution in [-0.4, -0.2) is 9.55 Å². The Hall–Kier alpha value is -1.65. The predicted octanol–water partition coefficient (Wildman–Crippen LogP) is 3.77. The Morgan fingerprint density at radius 1 is 1.25 bits per heavy atom. The van der Waals surface area contributed by atoms with Gasteiger partial charge < -0.3 is 10.3 Å². The highest BCUT2D eigenvalue weighted by atomic mass is 79.9. The quantitative estimate of drug-likeness (QED) is 0.777. The van der Waals surface area contributed by atoms with Crippen LogP contribution in [0.15, 0.2) is 40.9 Å². The Bertz CT molecular complexity index is 770. The SMILES string of the molecule is Cc1cc(Br)cc(-c2nc3c(CN)cccc3n2C)c1. The van der Waals surface area contributed by atoms with Gasteiger partial charge in [0.2, 0.25) is 0 Å². The maximum atomic E-state index is 5.81. The molecule has 0 aliphatic rings. The fourth-order valence-electron chi connectivity index (χ4n) is 2.56. The average molecular weight is 330 g/mol. The van der Waals surface area contributed by atoms with E-state index in [4.69, 9.17) is 10.7 Å². The summed E-state index contributed by atoms with van der Waals surface area (Å²) in [5.74, 6) is 0.963. The van der Waals surface area contributed by atoms with Crippen LogP contribution < -0.4 is 5.73 Å². The summed E-state index contributed by atoms with van der Waals surface area (Å²) in [6.45, 7) is 2.59. The summed E-state index contributed by atoms with van der Waals surface area (Å²) in [5, 5.41) is 0. The molecule has 0 unspecified atom stereocenters. The van der Waals surface area contributed by atoms with E-state index in [1.54, 1.807) is 0 Å². The fourth-order valence-corrected chi connectivity index (χ4v) is 3.17. The Balaban J connectivity index is 2.29. The normalized spacial score (nSPS) is 11.2. The molecule has 3 rings (SSSR count). The molecule has 102 valence electrons. The molecule has 1 heterocycles. The van der Waals surface area contributed by atoms with Crippen molar-refractivity contribution in [2.45, 2.75) is 13.5 Å². The maximum absolute atomic E-state index is 5.81. The molecular weight excluding hydrogens is 314 g/mol. The van der Waals surface area contributed by atoms with Gasteiger partial charge in [0.15, 0.2) is 0 Å². The maximum Gasteiger partial charge on any atom is 0.140 e. The number of imidazole rings is 1. The van der Waals surface area contributed by atoms with E-state index in [2.05, 4.69) is 51.7 Å². The standard InChI is InChI=1S/C16H16BrN3/c1-10-6-12(8-13(17)7-10)16-19-15-11(9-18)4-3-5-14(15)20(16)2/h3-8H,9,18H2,1-2H3. The van der Waals surface area contributed by atoms with Crippen LogP contribution in [-0.2, 0) is 13.6 Å². The molecule has 0 spiro atoms. The molecule has 2 aromatic carbocycles. The summed E-state index contributed by atoms with van der Waals surface area (Å²) >= 11 is 3.55. The second-order valence-electron chi connectivity index (χ2n) is 5.00. The summed E-state index contributed by atoms with van der Waals surface area (Å²) < 4.78 is 3.19. The molecular formula is C16H16BrN3. The second kappa shape index (κ2) is 5.04. The van der Waals surface area contributed by atoms with Gasteiger partial charge in [-0.3, -0.25) is 0 Å². The summed E-state index contributed by atoms with van der Waals surface area (Å²) in [5.41, 5.74) is 11.3. The minimum Gasteiger partial charge on any atom is -0.327 e. The van der Waals surface area contributed by atoms with Crippen molar-refractivity contribution in [2.75, 3.05) is 0 Å². The van der Waals surface area contributed by atoms with Crippen molar-refractivity contribution in [3.8, 4) is 11.4 Å². The first kappa shape index (κ1) is 13.3. The first-order valence-electron chi connectivity index (χ1n) is 6.52. The van der Waals surface area contributed by atoms with Crippen LogP contribution >= 0.6 is 15.9 Å². The van der Waals surface area contributed by atoms with Gasteiger partial charge >= 0.3 is 0 Å². The monoisotopic (exact) mass is 329 g/mol. The molecule has 0 fully saturated rings. The molecule has 0 saturated carbocycles. The lowest BCUT2D eigenvalue weighted by Gasteiger charge is -2.04. The first-order chi connectivity index (χ1) is 9.60. The van der Waals surface area contributed by atoms with Gasteiger partial charge in [0.25, 0.3) is 0 Å². The van der Waals surface area contributed by atoms with Gasteiger partial charge in [-0.1, -0.05) is 28.1 Å². The molecule has 0 bridgehead atoms. The average Bonchev–Trinajstić information content (AvgIpc) is 2.75. The van der Waals surface area contributed by atoms with Crippen molar-refractivity contribution in [1.82, 2.24) is 9.55 Å². The highest BCUT2D eigenvalue weighted by Gasteiger charge is 2.12. The molecule has 1 aromatic heterocycles.